The molecule has 1 aromatic heterocycles. The lowest BCUT2D eigenvalue weighted by Crippen LogP contribution is -2.53. The van der Waals surface area contributed by atoms with E-state index in [-0.39, 0.29) is 18.0 Å². The summed E-state index contributed by atoms with van der Waals surface area (Å²) < 4.78 is 0. The molecule has 1 N–H and O–H groups in total. The molecule has 138 valence electrons. The summed E-state index contributed by atoms with van der Waals surface area (Å²) in [4.78, 5) is 21.7. The molecule has 0 aliphatic carbocycles. The predicted molar refractivity (Wildman–Crippen MR) is 104 cm³/mol. The Morgan fingerprint density at radius 1 is 1.04 bits per heavy atom. The number of hydrogen-bond donors (Lipinski definition) is 1. The van der Waals surface area contributed by atoms with Crippen molar-refractivity contribution in [2.45, 2.75) is 32.5 Å². The monoisotopic (exact) mass is 352 g/mol. The van der Waals surface area contributed by atoms with Crippen LogP contribution in [0.4, 0.5) is 0 Å². The third-order valence-electron chi connectivity index (χ3n) is 5.10. The number of pyridine rings is 1. The molecule has 2 aromatic rings. The van der Waals surface area contributed by atoms with Crippen LogP contribution >= 0.6 is 0 Å². The molecular formula is C21H28N4O. The van der Waals surface area contributed by atoms with Gasteiger partial charge in [0, 0.05) is 38.9 Å². The standard InChI is InChI=1S/C21H28N4O/c1-17(19-8-4-3-5-9-19)23-21(26)18(2)25-14-12-24(13-15-25)16-20-10-6-7-11-22-20/h3-11,17-18H,12-16H2,1-2H3,(H,23,26). The van der Waals surface area contributed by atoms with E-state index < -0.39 is 0 Å². The first kappa shape index (κ1) is 18.5. The second kappa shape index (κ2) is 8.92. The van der Waals surface area contributed by atoms with Crippen molar-refractivity contribution >= 4 is 5.91 Å². The van der Waals surface area contributed by atoms with Crippen LogP contribution in [-0.4, -0.2) is 52.9 Å². The van der Waals surface area contributed by atoms with Crippen LogP contribution in [0, 0.1) is 0 Å². The number of carbonyl (C=O) groups is 1. The van der Waals surface area contributed by atoms with Crippen LogP contribution in [0.2, 0.25) is 0 Å². The number of hydrogen-bond acceptors (Lipinski definition) is 4. The first-order valence-electron chi connectivity index (χ1n) is 9.35. The van der Waals surface area contributed by atoms with E-state index in [1.165, 1.54) is 0 Å². The molecule has 26 heavy (non-hydrogen) atoms. The molecule has 0 spiro atoms. The van der Waals surface area contributed by atoms with Crippen molar-refractivity contribution in [3.63, 3.8) is 0 Å². The van der Waals surface area contributed by atoms with Crippen LogP contribution in [0.3, 0.4) is 0 Å². The lowest BCUT2D eigenvalue weighted by Gasteiger charge is -2.37. The minimum Gasteiger partial charge on any atom is -0.348 e. The van der Waals surface area contributed by atoms with E-state index in [9.17, 15) is 4.79 Å². The van der Waals surface area contributed by atoms with Crippen molar-refractivity contribution in [3.8, 4) is 0 Å². The number of aromatic nitrogens is 1. The third-order valence-corrected chi connectivity index (χ3v) is 5.10. The molecule has 1 aliphatic heterocycles. The molecule has 0 radical (unpaired) electrons. The van der Waals surface area contributed by atoms with Gasteiger partial charge in [0.05, 0.1) is 17.8 Å². The molecule has 2 heterocycles. The Balaban J connectivity index is 1.47. The van der Waals surface area contributed by atoms with Crippen molar-refractivity contribution in [2.24, 2.45) is 0 Å². The first-order chi connectivity index (χ1) is 12.6. The Bertz CT molecular complexity index is 684. The highest BCUT2D eigenvalue weighted by Gasteiger charge is 2.26. The van der Waals surface area contributed by atoms with Crippen LogP contribution in [0.15, 0.2) is 54.7 Å². The first-order valence-corrected chi connectivity index (χ1v) is 9.35. The van der Waals surface area contributed by atoms with E-state index in [0.29, 0.717) is 0 Å². The third kappa shape index (κ3) is 4.90. The van der Waals surface area contributed by atoms with Gasteiger partial charge in [-0.15, -0.1) is 0 Å². The average molecular weight is 352 g/mol. The highest BCUT2D eigenvalue weighted by Crippen LogP contribution is 2.13. The molecule has 3 rings (SSSR count). The number of piperazine rings is 1. The number of benzene rings is 1. The summed E-state index contributed by atoms with van der Waals surface area (Å²) in [7, 11) is 0. The molecule has 2 unspecified atom stereocenters. The highest BCUT2D eigenvalue weighted by atomic mass is 16.2. The lowest BCUT2D eigenvalue weighted by atomic mass is 10.1. The lowest BCUT2D eigenvalue weighted by molar-refractivity contribution is -0.127. The van der Waals surface area contributed by atoms with Crippen LogP contribution in [0.25, 0.3) is 0 Å². The summed E-state index contributed by atoms with van der Waals surface area (Å²) in [6.07, 6.45) is 1.84. The Hall–Kier alpha value is -2.24. The minimum absolute atomic E-state index is 0.0246. The van der Waals surface area contributed by atoms with Gasteiger partial charge in [-0.3, -0.25) is 19.6 Å². The number of carbonyl (C=O) groups excluding carboxylic acids is 1. The Morgan fingerprint density at radius 3 is 2.38 bits per heavy atom. The van der Waals surface area contributed by atoms with Gasteiger partial charge in [0.25, 0.3) is 0 Å². The van der Waals surface area contributed by atoms with E-state index in [1.807, 2.05) is 62.5 Å². The van der Waals surface area contributed by atoms with Crippen molar-refractivity contribution in [1.82, 2.24) is 20.1 Å². The van der Waals surface area contributed by atoms with Gasteiger partial charge in [0.15, 0.2) is 0 Å². The molecule has 5 heteroatoms. The average Bonchev–Trinajstić information content (AvgIpc) is 2.69. The Kier molecular flexibility index (Phi) is 6.36. The molecular weight excluding hydrogens is 324 g/mol. The number of amides is 1. The topological polar surface area (TPSA) is 48.5 Å². The van der Waals surface area contributed by atoms with Crippen molar-refractivity contribution in [1.29, 1.82) is 0 Å². The van der Waals surface area contributed by atoms with E-state index in [2.05, 4.69) is 26.2 Å². The summed E-state index contributed by atoms with van der Waals surface area (Å²) in [5.41, 5.74) is 2.23. The molecule has 1 aliphatic rings. The SMILES string of the molecule is CC(NC(=O)C(C)N1CCN(Cc2ccccn2)CC1)c1ccccc1. The van der Waals surface area contributed by atoms with E-state index in [0.717, 1.165) is 44.0 Å². The van der Waals surface area contributed by atoms with Crippen LogP contribution in [0.1, 0.15) is 31.1 Å². The maximum atomic E-state index is 12.6. The van der Waals surface area contributed by atoms with Gasteiger partial charge in [-0.05, 0) is 31.5 Å². The summed E-state index contributed by atoms with van der Waals surface area (Å²) in [6, 6.07) is 16.0. The normalized spacial score (nSPS) is 18.2. The van der Waals surface area contributed by atoms with E-state index >= 15 is 0 Å². The Morgan fingerprint density at radius 2 is 1.73 bits per heavy atom. The fourth-order valence-corrected chi connectivity index (χ4v) is 3.35. The van der Waals surface area contributed by atoms with Gasteiger partial charge in [0.1, 0.15) is 0 Å². The van der Waals surface area contributed by atoms with Crippen molar-refractivity contribution in [2.75, 3.05) is 26.2 Å². The summed E-state index contributed by atoms with van der Waals surface area (Å²) in [5.74, 6) is 0.0968. The van der Waals surface area contributed by atoms with Crippen LogP contribution in [-0.2, 0) is 11.3 Å². The van der Waals surface area contributed by atoms with Gasteiger partial charge >= 0.3 is 0 Å². The molecule has 1 aromatic carbocycles. The molecule has 0 bridgehead atoms. The molecule has 1 amide bonds. The predicted octanol–water partition coefficient (Wildman–Crippen LogP) is 2.47. The number of rotatable bonds is 6. The zero-order valence-corrected chi connectivity index (χ0v) is 15.6. The Labute approximate surface area is 156 Å². The minimum atomic E-state index is -0.113. The van der Waals surface area contributed by atoms with E-state index in [1.54, 1.807) is 0 Å². The molecule has 5 nitrogen and oxygen atoms in total. The second-order valence-electron chi connectivity index (χ2n) is 6.95. The fraction of sp³-hybridized carbons (Fsp3) is 0.429. The number of nitrogens with one attached hydrogen (secondary N) is 1. The fourth-order valence-electron chi connectivity index (χ4n) is 3.35. The van der Waals surface area contributed by atoms with Gasteiger partial charge in [0.2, 0.25) is 5.91 Å². The molecule has 0 saturated carbocycles. The smallest absolute Gasteiger partial charge is 0.237 e. The maximum absolute atomic E-state index is 12.6. The van der Waals surface area contributed by atoms with Gasteiger partial charge in [-0.1, -0.05) is 36.4 Å². The van der Waals surface area contributed by atoms with E-state index in [4.69, 9.17) is 0 Å². The summed E-state index contributed by atoms with van der Waals surface area (Å²) >= 11 is 0. The van der Waals surface area contributed by atoms with Gasteiger partial charge in [-0.2, -0.15) is 0 Å². The van der Waals surface area contributed by atoms with Gasteiger partial charge < -0.3 is 5.32 Å². The number of nitrogens with zero attached hydrogens (tertiary/aromatic N) is 3. The summed E-state index contributed by atoms with van der Waals surface area (Å²) in [5, 5.41) is 3.14. The zero-order valence-electron chi connectivity index (χ0n) is 15.6. The highest BCUT2D eigenvalue weighted by molar-refractivity contribution is 5.81. The van der Waals surface area contributed by atoms with Crippen molar-refractivity contribution < 1.29 is 4.79 Å². The maximum Gasteiger partial charge on any atom is 0.237 e. The van der Waals surface area contributed by atoms with Crippen molar-refractivity contribution in [3.05, 3.63) is 66.0 Å². The van der Waals surface area contributed by atoms with Gasteiger partial charge in [-0.25, -0.2) is 0 Å². The molecule has 1 fully saturated rings. The molecule has 2 atom stereocenters. The largest absolute Gasteiger partial charge is 0.348 e. The van der Waals surface area contributed by atoms with Crippen LogP contribution < -0.4 is 5.32 Å². The van der Waals surface area contributed by atoms with Crippen LogP contribution in [0.5, 0.6) is 0 Å². The second-order valence-corrected chi connectivity index (χ2v) is 6.95. The zero-order chi connectivity index (χ0) is 18.4. The summed E-state index contributed by atoms with van der Waals surface area (Å²) in [6.45, 7) is 8.64. The molecule has 1 saturated heterocycles. The quantitative estimate of drug-likeness (QED) is 0.868.